The van der Waals surface area contributed by atoms with Crippen LogP contribution in [0.25, 0.3) is 0 Å². The molecule has 4 nitrogen and oxygen atoms in total. The van der Waals surface area contributed by atoms with Crippen LogP contribution in [0.1, 0.15) is 28.8 Å². The van der Waals surface area contributed by atoms with E-state index >= 15 is 0 Å². The lowest BCUT2D eigenvalue weighted by molar-refractivity contribution is -0.140. The highest BCUT2D eigenvalue weighted by Gasteiger charge is 2.19. The lowest BCUT2D eigenvalue weighted by Crippen LogP contribution is -2.34. The maximum Gasteiger partial charge on any atom is 0.305 e. The van der Waals surface area contributed by atoms with E-state index in [-0.39, 0.29) is 18.2 Å². The SMILES string of the molecule is CNC(CCC(=O)OC)C(=O)c1ccc(Cl)c(C)c1. The number of ketones is 1. The molecule has 0 aliphatic rings. The smallest absolute Gasteiger partial charge is 0.305 e. The predicted molar refractivity (Wildman–Crippen MR) is 74.6 cm³/mol. The number of likely N-dealkylation sites (N-methyl/N-ethyl adjacent to an activating group) is 1. The van der Waals surface area contributed by atoms with Gasteiger partial charge in [-0.25, -0.2) is 0 Å². The first kappa shape index (κ1) is 15.7. The Morgan fingerprint density at radius 3 is 2.63 bits per heavy atom. The highest BCUT2D eigenvalue weighted by atomic mass is 35.5. The molecule has 104 valence electrons. The molecule has 0 saturated heterocycles. The third kappa shape index (κ3) is 4.33. The summed E-state index contributed by atoms with van der Waals surface area (Å²) in [5.74, 6) is -0.369. The summed E-state index contributed by atoms with van der Waals surface area (Å²) in [7, 11) is 3.03. The van der Waals surface area contributed by atoms with Crippen LogP contribution >= 0.6 is 11.6 Å². The molecular formula is C14H18ClNO3. The monoisotopic (exact) mass is 283 g/mol. The van der Waals surface area contributed by atoms with Crippen LogP contribution in [0.5, 0.6) is 0 Å². The zero-order valence-corrected chi connectivity index (χ0v) is 12.1. The first-order valence-corrected chi connectivity index (χ1v) is 6.41. The van der Waals surface area contributed by atoms with Gasteiger partial charge >= 0.3 is 5.97 Å². The molecule has 1 N–H and O–H groups in total. The van der Waals surface area contributed by atoms with E-state index in [0.29, 0.717) is 17.0 Å². The van der Waals surface area contributed by atoms with Gasteiger partial charge in [0.25, 0.3) is 0 Å². The maximum absolute atomic E-state index is 12.3. The molecule has 1 aromatic rings. The zero-order chi connectivity index (χ0) is 14.4. The van der Waals surface area contributed by atoms with Crippen molar-refractivity contribution >= 4 is 23.4 Å². The van der Waals surface area contributed by atoms with Gasteiger partial charge in [-0.1, -0.05) is 11.6 Å². The van der Waals surface area contributed by atoms with Crippen LogP contribution in [-0.2, 0) is 9.53 Å². The van der Waals surface area contributed by atoms with Gasteiger partial charge in [0.1, 0.15) is 0 Å². The van der Waals surface area contributed by atoms with Gasteiger partial charge in [-0.05, 0) is 44.2 Å². The Labute approximate surface area is 118 Å². The number of hydrogen-bond acceptors (Lipinski definition) is 4. The van der Waals surface area contributed by atoms with Crippen molar-refractivity contribution in [2.45, 2.75) is 25.8 Å². The molecule has 1 atom stereocenters. The molecular weight excluding hydrogens is 266 g/mol. The molecule has 0 bridgehead atoms. The summed E-state index contributed by atoms with van der Waals surface area (Å²) in [6.07, 6.45) is 0.615. The Morgan fingerprint density at radius 2 is 2.11 bits per heavy atom. The Bertz CT molecular complexity index is 474. The minimum absolute atomic E-state index is 0.0498. The molecule has 0 fully saturated rings. The molecule has 19 heavy (non-hydrogen) atoms. The van der Waals surface area contributed by atoms with Crippen LogP contribution in [0.4, 0.5) is 0 Å². The second kappa shape index (κ2) is 7.26. The summed E-state index contributed by atoms with van der Waals surface area (Å²) in [4.78, 5) is 23.4. The summed E-state index contributed by atoms with van der Waals surface area (Å²) in [6, 6.07) is 4.75. The number of carbonyl (C=O) groups excluding carboxylic acids is 2. The highest BCUT2D eigenvalue weighted by molar-refractivity contribution is 6.31. The van der Waals surface area contributed by atoms with Crippen molar-refractivity contribution < 1.29 is 14.3 Å². The largest absolute Gasteiger partial charge is 0.469 e. The van der Waals surface area contributed by atoms with E-state index in [1.54, 1.807) is 25.2 Å². The minimum Gasteiger partial charge on any atom is -0.469 e. The van der Waals surface area contributed by atoms with Gasteiger partial charge in [0.2, 0.25) is 0 Å². The van der Waals surface area contributed by atoms with E-state index in [0.717, 1.165) is 5.56 Å². The number of halogens is 1. The third-order valence-electron chi connectivity index (χ3n) is 2.97. The van der Waals surface area contributed by atoms with E-state index in [1.165, 1.54) is 7.11 Å². The first-order chi connectivity index (χ1) is 8.99. The Balaban J connectivity index is 2.77. The van der Waals surface area contributed by atoms with Crippen LogP contribution in [0.3, 0.4) is 0 Å². The quantitative estimate of drug-likeness (QED) is 0.643. The summed E-state index contributed by atoms with van der Waals surface area (Å²) < 4.78 is 4.57. The molecule has 0 aliphatic carbocycles. The van der Waals surface area contributed by atoms with Crippen molar-refractivity contribution in [1.29, 1.82) is 0 Å². The number of benzene rings is 1. The van der Waals surface area contributed by atoms with Crippen molar-refractivity contribution in [2.24, 2.45) is 0 Å². The van der Waals surface area contributed by atoms with Gasteiger partial charge in [-0.2, -0.15) is 0 Å². The molecule has 5 heteroatoms. The average molecular weight is 284 g/mol. The van der Waals surface area contributed by atoms with Crippen LogP contribution < -0.4 is 5.32 Å². The van der Waals surface area contributed by atoms with Crippen molar-refractivity contribution in [3.05, 3.63) is 34.3 Å². The number of rotatable bonds is 6. The molecule has 1 aromatic carbocycles. The molecule has 0 aromatic heterocycles. The van der Waals surface area contributed by atoms with Crippen LogP contribution in [0.15, 0.2) is 18.2 Å². The fraction of sp³-hybridized carbons (Fsp3) is 0.429. The number of nitrogens with one attached hydrogen (secondary N) is 1. The summed E-state index contributed by atoms with van der Waals surface area (Å²) in [5.41, 5.74) is 1.45. The van der Waals surface area contributed by atoms with Gasteiger partial charge in [0.05, 0.1) is 13.2 Å². The van der Waals surface area contributed by atoms with E-state index in [4.69, 9.17) is 11.6 Å². The molecule has 1 rings (SSSR count). The number of carbonyl (C=O) groups is 2. The predicted octanol–water partition coefficient (Wildman–Crippen LogP) is 2.37. The number of Topliss-reactive ketones (excluding diaryl/α,β-unsaturated/α-hetero) is 1. The second-order valence-electron chi connectivity index (χ2n) is 4.28. The van der Waals surface area contributed by atoms with Crippen LogP contribution in [-0.4, -0.2) is 32.0 Å². The standard InChI is InChI=1S/C14H18ClNO3/c1-9-8-10(4-5-11(9)15)14(18)12(16-2)6-7-13(17)19-3/h4-5,8,12,16H,6-7H2,1-3H3. The minimum atomic E-state index is -0.403. The Morgan fingerprint density at radius 1 is 1.42 bits per heavy atom. The van der Waals surface area contributed by atoms with Crippen molar-refractivity contribution in [1.82, 2.24) is 5.32 Å². The summed E-state index contributed by atoms with van der Waals surface area (Å²) in [5, 5.41) is 3.56. The average Bonchev–Trinajstić information content (AvgIpc) is 2.41. The maximum atomic E-state index is 12.3. The van der Waals surface area contributed by atoms with Gasteiger partial charge in [0, 0.05) is 17.0 Å². The molecule has 1 unspecified atom stereocenters. The van der Waals surface area contributed by atoms with E-state index < -0.39 is 6.04 Å². The topological polar surface area (TPSA) is 55.4 Å². The van der Waals surface area contributed by atoms with Crippen LogP contribution in [0, 0.1) is 6.92 Å². The van der Waals surface area contributed by atoms with E-state index in [2.05, 4.69) is 10.1 Å². The summed E-state index contributed by atoms with van der Waals surface area (Å²) in [6.45, 7) is 1.85. The Kier molecular flexibility index (Phi) is 5.99. The van der Waals surface area contributed by atoms with Crippen molar-refractivity contribution in [3.63, 3.8) is 0 Å². The summed E-state index contributed by atoms with van der Waals surface area (Å²) >= 11 is 5.93. The normalized spacial score (nSPS) is 12.0. The lowest BCUT2D eigenvalue weighted by atomic mass is 9.99. The Hall–Kier alpha value is -1.39. The van der Waals surface area contributed by atoms with E-state index in [9.17, 15) is 9.59 Å². The zero-order valence-electron chi connectivity index (χ0n) is 11.3. The number of esters is 1. The fourth-order valence-corrected chi connectivity index (χ4v) is 1.89. The number of aryl methyl sites for hydroxylation is 1. The molecule has 0 aliphatic heterocycles. The second-order valence-corrected chi connectivity index (χ2v) is 4.69. The first-order valence-electron chi connectivity index (χ1n) is 6.04. The van der Waals surface area contributed by atoms with Crippen molar-refractivity contribution in [2.75, 3.05) is 14.2 Å². The van der Waals surface area contributed by atoms with Crippen molar-refractivity contribution in [3.8, 4) is 0 Å². The molecule has 0 heterocycles. The molecule has 0 spiro atoms. The van der Waals surface area contributed by atoms with Crippen LogP contribution in [0.2, 0.25) is 5.02 Å². The highest BCUT2D eigenvalue weighted by Crippen LogP contribution is 2.18. The number of hydrogen-bond donors (Lipinski definition) is 1. The van der Waals surface area contributed by atoms with Gasteiger partial charge in [-0.15, -0.1) is 0 Å². The van der Waals surface area contributed by atoms with Gasteiger partial charge in [0.15, 0.2) is 5.78 Å². The number of ether oxygens (including phenoxy) is 1. The molecule has 0 saturated carbocycles. The molecule has 0 radical (unpaired) electrons. The number of methoxy groups -OCH3 is 1. The van der Waals surface area contributed by atoms with Gasteiger partial charge in [-0.3, -0.25) is 9.59 Å². The van der Waals surface area contributed by atoms with Gasteiger partial charge < -0.3 is 10.1 Å². The molecule has 0 amide bonds. The fourth-order valence-electron chi connectivity index (χ4n) is 1.77. The van der Waals surface area contributed by atoms with E-state index in [1.807, 2.05) is 6.92 Å². The third-order valence-corrected chi connectivity index (χ3v) is 3.40. The lowest BCUT2D eigenvalue weighted by Gasteiger charge is -2.15.